The number of nitrogens with zero attached hydrogens (tertiary/aromatic N) is 4. The molecule has 2 aromatic rings. The molecular formula is C20H24F2N4O2. The maximum absolute atomic E-state index is 12.9. The van der Waals surface area contributed by atoms with Crippen molar-refractivity contribution in [3.8, 4) is 5.75 Å². The summed E-state index contributed by atoms with van der Waals surface area (Å²) in [5.74, 6) is 2.19. The second-order valence-electron chi connectivity index (χ2n) is 7.43. The van der Waals surface area contributed by atoms with Crippen molar-refractivity contribution < 1.29 is 18.3 Å². The van der Waals surface area contributed by atoms with Gasteiger partial charge in [-0.25, -0.2) is 0 Å². The smallest absolute Gasteiger partial charge is 0.387 e. The molecule has 4 rings (SSSR count). The van der Waals surface area contributed by atoms with Crippen LogP contribution < -0.4 is 4.74 Å². The molecule has 0 aliphatic carbocycles. The van der Waals surface area contributed by atoms with Crippen LogP contribution in [-0.4, -0.2) is 45.3 Å². The largest absolute Gasteiger partial charge is 0.435 e. The lowest BCUT2D eigenvalue weighted by Crippen LogP contribution is -2.39. The Balaban J connectivity index is 1.46. The van der Waals surface area contributed by atoms with Crippen molar-refractivity contribution in [3.05, 3.63) is 41.5 Å². The number of aromatic nitrogens is 3. The van der Waals surface area contributed by atoms with Gasteiger partial charge in [0.25, 0.3) is 5.91 Å². The molecule has 1 saturated heterocycles. The second kappa shape index (κ2) is 8.24. The highest BCUT2D eigenvalue weighted by Crippen LogP contribution is 2.29. The van der Waals surface area contributed by atoms with E-state index in [-0.39, 0.29) is 17.6 Å². The van der Waals surface area contributed by atoms with Gasteiger partial charge in [0, 0.05) is 37.5 Å². The van der Waals surface area contributed by atoms with Crippen LogP contribution in [0, 0.1) is 0 Å². The van der Waals surface area contributed by atoms with Crippen LogP contribution in [0.15, 0.2) is 24.3 Å². The highest BCUT2D eigenvalue weighted by molar-refractivity contribution is 5.94. The highest BCUT2D eigenvalue weighted by Gasteiger charge is 2.30. The van der Waals surface area contributed by atoms with Crippen LogP contribution in [0.25, 0.3) is 0 Å². The molecule has 2 aliphatic rings. The van der Waals surface area contributed by atoms with Gasteiger partial charge in [0.2, 0.25) is 0 Å². The number of likely N-dealkylation sites (tertiary alicyclic amines) is 1. The van der Waals surface area contributed by atoms with Crippen molar-refractivity contribution in [2.24, 2.45) is 0 Å². The molecule has 1 unspecified atom stereocenters. The number of carbonyl (C=O) groups is 1. The zero-order chi connectivity index (χ0) is 19.5. The van der Waals surface area contributed by atoms with Crippen molar-refractivity contribution in [1.82, 2.24) is 19.7 Å². The van der Waals surface area contributed by atoms with Crippen LogP contribution in [0.3, 0.4) is 0 Å². The number of hydrogen-bond acceptors (Lipinski definition) is 4. The first-order chi connectivity index (χ1) is 13.6. The van der Waals surface area contributed by atoms with Crippen LogP contribution in [0.1, 0.15) is 60.0 Å². The number of rotatable bonds is 4. The molecule has 8 heteroatoms. The van der Waals surface area contributed by atoms with Gasteiger partial charge >= 0.3 is 6.61 Å². The summed E-state index contributed by atoms with van der Waals surface area (Å²) in [5.41, 5.74) is 0.474. The van der Waals surface area contributed by atoms with Gasteiger partial charge in [0.05, 0.1) is 0 Å². The number of alkyl halides is 2. The molecule has 1 fully saturated rings. The number of hydrogen-bond donors (Lipinski definition) is 0. The minimum absolute atomic E-state index is 0.0502. The fraction of sp³-hybridized carbons (Fsp3) is 0.550. The van der Waals surface area contributed by atoms with Crippen molar-refractivity contribution >= 4 is 5.91 Å². The van der Waals surface area contributed by atoms with Crippen molar-refractivity contribution in [1.29, 1.82) is 0 Å². The first-order valence-corrected chi connectivity index (χ1v) is 9.88. The predicted octanol–water partition coefficient (Wildman–Crippen LogP) is 3.63. The quantitative estimate of drug-likeness (QED) is 0.800. The summed E-state index contributed by atoms with van der Waals surface area (Å²) in [5, 5.41) is 8.84. The second-order valence-corrected chi connectivity index (χ2v) is 7.43. The normalized spacial score (nSPS) is 20.0. The molecule has 0 bridgehead atoms. The topological polar surface area (TPSA) is 60.2 Å². The molecule has 0 saturated carbocycles. The fourth-order valence-electron chi connectivity index (χ4n) is 4.14. The van der Waals surface area contributed by atoms with E-state index in [2.05, 4.69) is 19.5 Å². The van der Waals surface area contributed by atoms with E-state index in [9.17, 15) is 13.6 Å². The maximum atomic E-state index is 12.9. The SMILES string of the molecule is O=C(c1ccc(OC(F)F)cc1)N1CCCC(c2nnc3n2CCCCC3)C1. The Bertz CT molecular complexity index is 822. The molecule has 1 aromatic carbocycles. The van der Waals surface area contributed by atoms with Crippen molar-refractivity contribution in [3.63, 3.8) is 0 Å². The molecule has 0 radical (unpaired) electrons. The maximum Gasteiger partial charge on any atom is 0.387 e. The minimum atomic E-state index is -2.87. The Morgan fingerprint density at radius 2 is 1.89 bits per heavy atom. The fourth-order valence-corrected chi connectivity index (χ4v) is 4.14. The van der Waals surface area contributed by atoms with Crippen molar-refractivity contribution in [2.45, 2.75) is 57.6 Å². The molecule has 0 spiro atoms. The number of halogens is 2. The third-order valence-electron chi connectivity index (χ3n) is 5.54. The zero-order valence-electron chi connectivity index (χ0n) is 15.7. The minimum Gasteiger partial charge on any atom is -0.435 e. The first kappa shape index (κ1) is 18.8. The molecule has 150 valence electrons. The van der Waals surface area contributed by atoms with Gasteiger partial charge < -0.3 is 14.2 Å². The number of benzene rings is 1. The van der Waals surface area contributed by atoms with Crippen LogP contribution in [0.5, 0.6) is 5.75 Å². The summed E-state index contributed by atoms with van der Waals surface area (Å²) in [6.45, 7) is -0.631. The molecule has 1 aromatic heterocycles. The number of piperidine rings is 1. The van der Waals surface area contributed by atoms with Gasteiger partial charge in [0.15, 0.2) is 0 Å². The van der Waals surface area contributed by atoms with Crippen LogP contribution in [0.4, 0.5) is 8.78 Å². The van der Waals surface area contributed by atoms with Crippen molar-refractivity contribution in [2.75, 3.05) is 13.1 Å². The van der Waals surface area contributed by atoms with Gasteiger partial charge in [-0.05, 0) is 49.9 Å². The lowest BCUT2D eigenvalue weighted by atomic mass is 9.96. The van der Waals surface area contributed by atoms with E-state index >= 15 is 0 Å². The highest BCUT2D eigenvalue weighted by atomic mass is 19.3. The Kier molecular flexibility index (Phi) is 5.54. The van der Waals surface area contributed by atoms with Crippen LogP contribution in [0.2, 0.25) is 0 Å². The van der Waals surface area contributed by atoms with Gasteiger partial charge in [-0.2, -0.15) is 8.78 Å². The van der Waals surface area contributed by atoms with Crippen LogP contribution in [-0.2, 0) is 13.0 Å². The number of carbonyl (C=O) groups excluding carboxylic acids is 1. The van der Waals surface area contributed by atoms with Crippen LogP contribution >= 0.6 is 0 Å². The monoisotopic (exact) mass is 390 g/mol. The summed E-state index contributed by atoms with van der Waals surface area (Å²) < 4.78 is 31.2. The van der Waals surface area contributed by atoms with Gasteiger partial charge in [-0.15, -0.1) is 10.2 Å². The zero-order valence-corrected chi connectivity index (χ0v) is 15.7. The molecule has 0 N–H and O–H groups in total. The van der Waals surface area contributed by atoms with E-state index in [1.54, 1.807) is 0 Å². The Labute approximate surface area is 162 Å². The summed E-state index contributed by atoms with van der Waals surface area (Å²) in [6, 6.07) is 5.87. The Hall–Kier alpha value is -2.51. The average molecular weight is 390 g/mol. The number of fused-ring (bicyclic) bond motifs is 1. The standard InChI is InChI=1S/C20H24F2N4O2/c21-20(22)28-16-9-7-14(8-10-16)19(27)25-11-4-5-15(13-25)18-24-23-17-6-2-1-3-12-26(17)18/h7-10,15,20H,1-6,11-13H2. The summed E-state index contributed by atoms with van der Waals surface area (Å²) in [4.78, 5) is 14.7. The molecule has 1 amide bonds. The van der Waals surface area contributed by atoms with Gasteiger partial charge in [0.1, 0.15) is 17.4 Å². The first-order valence-electron chi connectivity index (χ1n) is 9.88. The van der Waals surface area contributed by atoms with Gasteiger partial charge in [-0.3, -0.25) is 4.79 Å². The number of aryl methyl sites for hydroxylation is 1. The molecular weight excluding hydrogens is 366 g/mol. The third kappa shape index (κ3) is 4.00. The predicted molar refractivity (Wildman–Crippen MR) is 98.5 cm³/mol. The van der Waals surface area contributed by atoms with E-state index in [1.165, 1.54) is 30.7 Å². The van der Waals surface area contributed by atoms with E-state index in [0.717, 1.165) is 50.3 Å². The number of ether oxygens (including phenoxy) is 1. The molecule has 28 heavy (non-hydrogen) atoms. The summed E-state index contributed by atoms with van der Waals surface area (Å²) in [7, 11) is 0. The lowest BCUT2D eigenvalue weighted by Gasteiger charge is -2.32. The van der Waals surface area contributed by atoms with E-state index < -0.39 is 6.61 Å². The van der Waals surface area contributed by atoms with Gasteiger partial charge in [-0.1, -0.05) is 6.42 Å². The molecule has 6 nitrogen and oxygen atoms in total. The Morgan fingerprint density at radius 1 is 1.07 bits per heavy atom. The summed E-state index contributed by atoms with van der Waals surface area (Å²) in [6.07, 6.45) is 6.37. The van der Waals surface area contributed by atoms with E-state index in [4.69, 9.17) is 0 Å². The summed E-state index contributed by atoms with van der Waals surface area (Å²) >= 11 is 0. The molecule has 1 atom stereocenters. The lowest BCUT2D eigenvalue weighted by molar-refractivity contribution is -0.0498. The van der Waals surface area contributed by atoms with E-state index in [0.29, 0.717) is 18.7 Å². The molecule has 2 aliphatic heterocycles. The van der Waals surface area contributed by atoms with E-state index in [1.807, 2.05) is 4.90 Å². The third-order valence-corrected chi connectivity index (χ3v) is 5.54. The molecule has 3 heterocycles. The Morgan fingerprint density at radius 3 is 2.68 bits per heavy atom. The number of amides is 1. The average Bonchev–Trinajstić information content (AvgIpc) is 2.96.